The summed E-state index contributed by atoms with van der Waals surface area (Å²) in [4.78, 5) is 29.5. The molecule has 37 heavy (non-hydrogen) atoms. The van der Waals surface area contributed by atoms with Crippen molar-refractivity contribution < 1.29 is 14.6 Å². The number of anilines is 3. The van der Waals surface area contributed by atoms with Crippen LogP contribution in [0.5, 0.6) is 0 Å². The van der Waals surface area contributed by atoms with E-state index in [0.29, 0.717) is 70.5 Å². The van der Waals surface area contributed by atoms with Gasteiger partial charge >= 0.3 is 0 Å². The molecule has 0 bridgehead atoms. The number of piperidine rings is 1. The fourth-order valence-electron chi connectivity index (χ4n) is 5.20. The Labute approximate surface area is 215 Å². The number of amides is 1. The quantitative estimate of drug-likeness (QED) is 0.536. The molecule has 1 amide bonds. The first kappa shape index (κ1) is 23.7. The number of likely N-dealkylation sites (tertiary alicyclic amines) is 1. The molecule has 3 aliphatic rings. The van der Waals surface area contributed by atoms with Crippen molar-refractivity contribution in [3.63, 3.8) is 0 Å². The number of benzene rings is 1. The molecule has 2 fully saturated rings. The summed E-state index contributed by atoms with van der Waals surface area (Å²) >= 11 is 0. The maximum Gasteiger partial charge on any atom is 0.266 e. The van der Waals surface area contributed by atoms with Gasteiger partial charge in [-0.2, -0.15) is 15.1 Å². The molecule has 11 nitrogen and oxygen atoms in total. The van der Waals surface area contributed by atoms with Gasteiger partial charge in [0.1, 0.15) is 5.69 Å². The summed E-state index contributed by atoms with van der Waals surface area (Å²) in [7, 11) is 0. The number of rotatable bonds is 5. The average molecular weight is 505 g/mol. The van der Waals surface area contributed by atoms with Gasteiger partial charge in [-0.3, -0.25) is 4.79 Å². The van der Waals surface area contributed by atoms with E-state index in [2.05, 4.69) is 15.3 Å². The lowest BCUT2D eigenvalue weighted by molar-refractivity contribution is -0.133. The van der Waals surface area contributed by atoms with Crippen molar-refractivity contribution in [2.45, 2.75) is 32.0 Å². The van der Waals surface area contributed by atoms with Crippen molar-refractivity contribution in [2.24, 2.45) is 0 Å². The molecule has 1 atom stereocenters. The molecule has 2 saturated heterocycles. The van der Waals surface area contributed by atoms with Gasteiger partial charge < -0.3 is 29.9 Å². The van der Waals surface area contributed by atoms with Crippen LogP contribution in [0.25, 0.3) is 17.1 Å². The van der Waals surface area contributed by atoms with E-state index in [1.807, 2.05) is 59.4 Å². The molecule has 1 unspecified atom stereocenters. The van der Waals surface area contributed by atoms with Gasteiger partial charge in [0.2, 0.25) is 0 Å². The second-order valence-electron chi connectivity index (χ2n) is 9.57. The molecular formula is C26H32N8O3. The predicted octanol–water partition coefficient (Wildman–Crippen LogP) is 1.73. The molecular weight excluding hydrogens is 472 g/mol. The first-order valence-electron chi connectivity index (χ1n) is 13.0. The van der Waals surface area contributed by atoms with Crippen molar-refractivity contribution in [1.82, 2.24) is 24.6 Å². The van der Waals surface area contributed by atoms with Crippen LogP contribution in [0.1, 0.15) is 19.8 Å². The Morgan fingerprint density at radius 1 is 1.05 bits per heavy atom. The molecule has 194 valence electrons. The minimum atomic E-state index is -0.572. The number of likely N-dealkylation sites (N-methyl/N-ethyl adjacent to an activating group) is 1. The standard InChI is InChI=1S/C26H32N8O3/c1-2-33-23-21(28-24(33)25(36)32-10-8-20(35)9-11-32)22(31-12-14-37-15-13-31)29-26(30-23)34-17-19(16-27-34)18-6-4-3-5-7-18/h3-7,16-17,20,24,28,35H,2,8-15H2,1H3. The summed E-state index contributed by atoms with van der Waals surface area (Å²) in [6.45, 7) is 6.36. The molecule has 3 aromatic rings. The van der Waals surface area contributed by atoms with Crippen LogP contribution in [0.3, 0.4) is 0 Å². The first-order valence-corrected chi connectivity index (χ1v) is 13.0. The van der Waals surface area contributed by atoms with Gasteiger partial charge in [0.25, 0.3) is 11.9 Å². The number of morpholine rings is 1. The largest absolute Gasteiger partial charge is 0.393 e. The maximum atomic E-state index is 13.6. The number of ether oxygens (including phenoxy) is 1. The topological polar surface area (TPSA) is 112 Å². The average Bonchev–Trinajstić information content (AvgIpc) is 3.59. The van der Waals surface area contributed by atoms with E-state index in [9.17, 15) is 9.90 Å². The van der Waals surface area contributed by atoms with E-state index in [4.69, 9.17) is 14.7 Å². The van der Waals surface area contributed by atoms with Crippen molar-refractivity contribution in [3.05, 3.63) is 42.7 Å². The number of nitrogens with one attached hydrogen (secondary N) is 1. The lowest BCUT2D eigenvalue weighted by atomic mass is 10.1. The van der Waals surface area contributed by atoms with E-state index in [-0.39, 0.29) is 12.0 Å². The van der Waals surface area contributed by atoms with E-state index >= 15 is 0 Å². The van der Waals surface area contributed by atoms with Gasteiger partial charge in [-0.15, -0.1) is 0 Å². The molecule has 0 saturated carbocycles. The fourth-order valence-corrected chi connectivity index (χ4v) is 5.20. The summed E-state index contributed by atoms with van der Waals surface area (Å²) in [5, 5.41) is 17.9. The van der Waals surface area contributed by atoms with Gasteiger partial charge in [0.05, 0.1) is 25.5 Å². The van der Waals surface area contributed by atoms with Gasteiger partial charge in [-0.1, -0.05) is 30.3 Å². The summed E-state index contributed by atoms with van der Waals surface area (Å²) in [5.74, 6) is 1.90. The lowest BCUT2D eigenvalue weighted by Crippen LogP contribution is -2.52. The highest BCUT2D eigenvalue weighted by Gasteiger charge is 2.40. The molecule has 0 radical (unpaired) electrons. The van der Waals surface area contributed by atoms with Crippen molar-refractivity contribution in [3.8, 4) is 17.1 Å². The minimum Gasteiger partial charge on any atom is -0.393 e. The van der Waals surface area contributed by atoms with Crippen LogP contribution in [0.4, 0.5) is 17.3 Å². The van der Waals surface area contributed by atoms with E-state index < -0.39 is 6.17 Å². The van der Waals surface area contributed by atoms with Crippen molar-refractivity contribution >= 4 is 23.2 Å². The second kappa shape index (κ2) is 9.98. The normalized spacial score (nSPS) is 20.2. The zero-order valence-electron chi connectivity index (χ0n) is 21.0. The van der Waals surface area contributed by atoms with Gasteiger partial charge in [0, 0.05) is 44.5 Å². The van der Waals surface area contributed by atoms with Crippen LogP contribution in [-0.4, -0.2) is 93.9 Å². The molecule has 1 aromatic carbocycles. The number of aliphatic hydroxyl groups is 1. The Morgan fingerprint density at radius 3 is 2.51 bits per heavy atom. The smallest absolute Gasteiger partial charge is 0.266 e. The number of fused-ring (bicyclic) bond motifs is 1. The zero-order valence-corrected chi connectivity index (χ0v) is 21.0. The molecule has 11 heteroatoms. The van der Waals surface area contributed by atoms with Gasteiger partial charge in [0.15, 0.2) is 17.8 Å². The van der Waals surface area contributed by atoms with Gasteiger partial charge in [-0.05, 0) is 25.3 Å². The highest BCUT2D eigenvalue weighted by molar-refractivity contribution is 5.96. The van der Waals surface area contributed by atoms with E-state index in [0.717, 1.165) is 22.6 Å². The lowest BCUT2D eigenvalue weighted by Gasteiger charge is -2.34. The van der Waals surface area contributed by atoms with Crippen LogP contribution in [0, 0.1) is 0 Å². The minimum absolute atomic E-state index is 0.00770. The monoisotopic (exact) mass is 504 g/mol. The Bertz CT molecular complexity index is 1250. The Balaban J connectivity index is 1.37. The van der Waals surface area contributed by atoms with Crippen LogP contribution in [0.2, 0.25) is 0 Å². The number of hydrogen-bond donors (Lipinski definition) is 2. The van der Waals surface area contributed by atoms with Crippen LogP contribution in [0.15, 0.2) is 42.7 Å². The predicted molar refractivity (Wildman–Crippen MR) is 140 cm³/mol. The summed E-state index contributed by atoms with van der Waals surface area (Å²) in [6, 6.07) is 10.1. The molecule has 5 heterocycles. The van der Waals surface area contributed by atoms with Crippen molar-refractivity contribution in [1.29, 1.82) is 0 Å². The van der Waals surface area contributed by atoms with E-state index in [1.54, 1.807) is 4.68 Å². The molecule has 3 aliphatic heterocycles. The van der Waals surface area contributed by atoms with Crippen LogP contribution >= 0.6 is 0 Å². The van der Waals surface area contributed by atoms with Crippen LogP contribution in [-0.2, 0) is 9.53 Å². The van der Waals surface area contributed by atoms with Gasteiger partial charge in [-0.25, -0.2) is 4.68 Å². The second-order valence-corrected chi connectivity index (χ2v) is 9.57. The summed E-state index contributed by atoms with van der Waals surface area (Å²) < 4.78 is 7.28. The molecule has 0 aliphatic carbocycles. The summed E-state index contributed by atoms with van der Waals surface area (Å²) in [5.41, 5.74) is 2.80. The maximum absolute atomic E-state index is 13.6. The number of nitrogens with zero attached hydrogens (tertiary/aromatic N) is 7. The number of hydrogen-bond acceptors (Lipinski definition) is 9. The molecule has 2 aromatic heterocycles. The molecule has 6 rings (SSSR count). The van der Waals surface area contributed by atoms with Crippen LogP contribution < -0.4 is 15.1 Å². The third kappa shape index (κ3) is 4.49. The fraction of sp³-hybridized carbons (Fsp3) is 0.462. The zero-order chi connectivity index (χ0) is 25.4. The SMILES string of the molecule is CCN1c2nc(-n3cc(-c4ccccc4)cn3)nc(N3CCOCC3)c2NC1C(=O)N1CCC(O)CC1. The highest BCUT2D eigenvalue weighted by Crippen LogP contribution is 2.41. The van der Waals surface area contributed by atoms with E-state index in [1.165, 1.54) is 0 Å². The highest BCUT2D eigenvalue weighted by atomic mass is 16.5. The Hall–Kier alpha value is -3.70. The number of carbonyl (C=O) groups is 1. The number of aliphatic hydroxyl groups excluding tert-OH is 1. The van der Waals surface area contributed by atoms with Crippen molar-refractivity contribution in [2.75, 3.05) is 61.1 Å². The third-order valence-corrected chi connectivity index (χ3v) is 7.28. The molecule has 0 spiro atoms. The molecule has 2 N–H and O–H groups in total. The number of aromatic nitrogens is 4. The third-order valence-electron chi connectivity index (χ3n) is 7.28. The Morgan fingerprint density at radius 2 is 1.78 bits per heavy atom. The first-order chi connectivity index (χ1) is 18.1. The number of carbonyl (C=O) groups excluding carboxylic acids is 1. The summed E-state index contributed by atoms with van der Waals surface area (Å²) in [6.07, 6.45) is 4.04. The Kier molecular flexibility index (Phi) is 6.39.